The van der Waals surface area contributed by atoms with E-state index in [1.165, 1.54) is 7.05 Å². The molecule has 0 aliphatic carbocycles. The van der Waals surface area contributed by atoms with E-state index in [-0.39, 0.29) is 6.42 Å². The molecule has 0 rings (SSSR count). The van der Waals surface area contributed by atoms with Crippen molar-refractivity contribution in [3.63, 3.8) is 0 Å². The number of hydrogen-bond acceptors (Lipinski definition) is 3. The lowest BCUT2D eigenvalue weighted by Crippen LogP contribution is -2.33. The molecule has 0 saturated carbocycles. The Morgan fingerprint density at radius 1 is 1.25 bits per heavy atom. The highest BCUT2D eigenvalue weighted by molar-refractivity contribution is 5.97. The Hall–Kier alpha value is -1.59. The summed E-state index contributed by atoms with van der Waals surface area (Å²) in [4.78, 5) is 31.2. The zero-order chi connectivity index (χ0) is 9.56. The molecule has 68 valence electrons. The number of carbonyl (C=O) groups excluding carboxylic acids is 2. The number of amides is 2. The molecule has 0 aliphatic rings. The SMILES string of the molecule is CNC(=O)CC(=O)NCC(=O)O. The summed E-state index contributed by atoms with van der Waals surface area (Å²) in [5.74, 6) is -2.19. The maximum atomic E-state index is 10.7. The van der Waals surface area contributed by atoms with Crippen molar-refractivity contribution in [2.75, 3.05) is 13.6 Å². The second kappa shape index (κ2) is 5.11. The van der Waals surface area contributed by atoms with Crippen LogP contribution < -0.4 is 10.6 Å². The minimum Gasteiger partial charge on any atom is -0.480 e. The van der Waals surface area contributed by atoms with E-state index in [2.05, 4.69) is 5.32 Å². The van der Waals surface area contributed by atoms with Gasteiger partial charge < -0.3 is 15.7 Å². The van der Waals surface area contributed by atoms with Gasteiger partial charge in [-0.1, -0.05) is 0 Å². The van der Waals surface area contributed by atoms with Crippen molar-refractivity contribution < 1.29 is 19.5 Å². The smallest absolute Gasteiger partial charge is 0.322 e. The van der Waals surface area contributed by atoms with Crippen LogP contribution in [-0.4, -0.2) is 36.5 Å². The number of carboxylic acid groups (broad SMARTS) is 1. The van der Waals surface area contributed by atoms with E-state index < -0.39 is 24.3 Å². The lowest BCUT2D eigenvalue weighted by Gasteiger charge is -2.00. The lowest BCUT2D eigenvalue weighted by atomic mass is 10.4. The van der Waals surface area contributed by atoms with Crippen LogP contribution in [-0.2, 0) is 14.4 Å². The van der Waals surface area contributed by atoms with Gasteiger partial charge >= 0.3 is 5.97 Å². The molecule has 0 unspecified atom stereocenters. The van der Waals surface area contributed by atoms with Crippen LogP contribution in [0.4, 0.5) is 0 Å². The number of rotatable bonds is 4. The zero-order valence-electron chi connectivity index (χ0n) is 6.59. The highest BCUT2D eigenvalue weighted by Crippen LogP contribution is 1.78. The third-order valence-electron chi connectivity index (χ3n) is 1.04. The molecular formula is C6H10N2O4. The monoisotopic (exact) mass is 174 g/mol. The van der Waals surface area contributed by atoms with Gasteiger partial charge in [0.05, 0.1) is 0 Å². The molecule has 6 heteroatoms. The van der Waals surface area contributed by atoms with E-state index in [4.69, 9.17) is 5.11 Å². The minimum atomic E-state index is -1.14. The first-order valence-corrected chi connectivity index (χ1v) is 3.25. The number of carboxylic acids is 1. The summed E-state index contributed by atoms with van der Waals surface area (Å²) in [5.41, 5.74) is 0. The Balaban J connectivity index is 3.60. The third kappa shape index (κ3) is 5.21. The maximum Gasteiger partial charge on any atom is 0.322 e. The largest absolute Gasteiger partial charge is 0.480 e. The van der Waals surface area contributed by atoms with Crippen molar-refractivity contribution in [3.05, 3.63) is 0 Å². The van der Waals surface area contributed by atoms with Crippen molar-refractivity contribution >= 4 is 17.8 Å². The van der Waals surface area contributed by atoms with Crippen molar-refractivity contribution in [3.8, 4) is 0 Å². The minimum absolute atomic E-state index is 0.343. The van der Waals surface area contributed by atoms with E-state index >= 15 is 0 Å². The molecule has 12 heavy (non-hydrogen) atoms. The van der Waals surface area contributed by atoms with Gasteiger partial charge in [0.2, 0.25) is 11.8 Å². The van der Waals surface area contributed by atoms with Crippen LogP contribution >= 0.6 is 0 Å². The predicted molar refractivity (Wildman–Crippen MR) is 39.3 cm³/mol. The zero-order valence-corrected chi connectivity index (χ0v) is 6.59. The van der Waals surface area contributed by atoms with Crippen LogP contribution in [0.5, 0.6) is 0 Å². The van der Waals surface area contributed by atoms with Crippen molar-refractivity contribution in [2.24, 2.45) is 0 Å². The van der Waals surface area contributed by atoms with Crippen molar-refractivity contribution in [2.45, 2.75) is 6.42 Å². The van der Waals surface area contributed by atoms with Crippen molar-refractivity contribution in [1.82, 2.24) is 10.6 Å². The third-order valence-corrected chi connectivity index (χ3v) is 1.04. The van der Waals surface area contributed by atoms with Gasteiger partial charge in [-0.3, -0.25) is 14.4 Å². The molecule has 0 aromatic carbocycles. The second-order valence-electron chi connectivity index (χ2n) is 2.02. The first-order valence-electron chi connectivity index (χ1n) is 3.25. The van der Waals surface area contributed by atoms with Crippen LogP contribution in [0.25, 0.3) is 0 Å². The van der Waals surface area contributed by atoms with E-state index in [9.17, 15) is 14.4 Å². The Labute approximate surface area is 68.9 Å². The summed E-state index contributed by atoms with van der Waals surface area (Å²) in [7, 11) is 1.40. The van der Waals surface area contributed by atoms with Gasteiger partial charge in [0.15, 0.2) is 0 Å². The maximum absolute atomic E-state index is 10.7. The molecule has 0 bridgehead atoms. The second-order valence-corrected chi connectivity index (χ2v) is 2.02. The van der Waals surface area contributed by atoms with Crippen LogP contribution in [0, 0.1) is 0 Å². The standard InChI is InChI=1S/C6H10N2O4/c1-7-4(9)2-5(10)8-3-6(11)12/h2-3H2,1H3,(H,7,9)(H,8,10)(H,11,12). The molecule has 0 heterocycles. The molecule has 0 fully saturated rings. The van der Waals surface area contributed by atoms with E-state index in [1.807, 2.05) is 5.32 Å². The van der Waals surface area contributed by atoms with Crippen LogP contribution in [0.2, 0.25) is 0 Å². The fraction of sp³-hybridized carbons (Fsp3) is 0.500. The van der Waals surface area contributed by atoms with Gasteiger partial charge in [-0.25, -0.2) is 0 Å². The number of carbonyl (C=O) groups is 3. The average Bonchev–Trinajstić information content (AvgIpc) is 2.00. The molecule has 0 aromatic heterocycles. The average molecular weight is 174 g/mol. The summed E-state index contributed by atoms with van der Waals surface area (Å²) in [6.45, 7) is -0.462. The molecule has 6 nitrogen and oxygen atoms in total. The Kier molecular flexibility index (Phi) is 4.43. The van der Waals surface area contributed by atoms with Gasteiger partial charge in [0.25, 0.3) is 0 Å². The highest BCUT2D eigenvalue weighted by atomic mass is 16.4. The Bertz CT molecular complexity index is 202. The fourth-order valence-electron chi connectivity index (χ4n) is 0.471. The van der Waals surface area contributed by atoms with E-state index in [1.54, 1.807) is 0 Å². The molecule has 0 aliphatic heterocycles. The topological polar surface area (TPSA) is 95.5 Å². The summed E-state index contributed by atoms with van der Waals surface area (Å²) in [5, 5.41) is 12.4. The Morgan fingerprint density at radius 2 is 1.83 bits per heavy atom. The van der Waals surface area contributed by atoms with Crippen LogP contribution in [0.3, 0.4) is 0 Å². The van der Waals surface area contributed by atoms with Crippen molar-refractivity contribution in [1.29, 1.82) is 0 Å². The van der Waals surface area contributed by atoms with Gasteiger partial charge in [-0.2, -0.15) is 0 Å². The molecule has 2 amide bonds. The number of aliphatic carboxylic acids is 1. The van der Waals surface area contributed by atoms with Crippen LogP contribution in [0.15, 0.2) is 0 Å². The van der Waals surface area contributed by atoms with Gasteiger partial charge in [-0.15, -0.1) is 0 Å². The first-order chi connectivity index (χ1) is 5.56. The van der Waals surface area contributed by atoms with Gasteiger partial charge in [0, 0.05) is 7.05 Å². The summed E-state index contributed by atoms with van der Waals surface area (Å²) in [6, 6.07) is 0. The van der Waals surface area contributed by atoms with Crippen LogP contribution in [0.1, 0.15) is 6.42 Å². The van der Waals surface area contributed by atoms with E-state index in [0.29, 0.717) is 0 Å². The molecule has 0 atom stereocenters. The predicted octanol–water partition coefficient (Wildman–Crippen LogP) is -1.68. The Morgan fingerprint density at radius 3 is 2.25 bits per heavy atom. The fourth-order valence-corrected chi connectivity index (χ4v) is 0.471. The molecule has 0 aromatic rings. The first kappa shape index (κ1) is 10.4. The summed E-state index contributed by atoms with van der Waals surface area (Å²) < 4.78 is 0. The van der Waals surface area contributed by atoms with Gasteiger partial charge in [0.1, 0.15) is 13.0 Å². The highest BCUT2D eigenvalue weighted by Gasteiger charge is 2.07. The van der Waals surface area contributed by atoms with Gasteiger partial charge in [-0.05, 0) is 0 Å². The molecule has 0 spiro atoms. The number of hydrogen-bond donors (Lipinski definition) is 3. The molecule has 3 N–H and O–H groups in total. The number of nitrogens with one attached hydrogen (secondary N) is 2. The summed E-state index contributed by atoms with van der Waals surface area (Å²) in [6.07, 6.45) is -0.343. The summed E-state index contributed by atoms with van der Waals surface area (Å²) >= 11 is 0. The normalized spacial score (nSPS) is 8.75. The molecular weight excluding hydrogens is 164 g/mol. The molecule has 0 radical (unpaired) electrons. The quantitative estimate of drug-likeness (QED) is 0.444. The van der Waals surface area contributed by atoms with E-state index in [0.717, 1.165) is 0 Å². The lowest BCUT2D eigenvalue weighted by molar-refractivity contribution is -0.138. The molecule has 0 saturated heterocycles.